The summed E-state index contributed by atoms with van der Waals surface area (Å²) >= 11 is 0. The molecule has 0 saturated carbocycles. The van der Waals surface area contributed by atoms with Crippen LogP contribution in [0.15, 0.2) is 0 Å². The molecule has 0 saturated heterocycles. The Bertz CT molecular complexity index is 221. The second kappa shape index (κ2) is 4.80. The predicted molar refractivity (Wildman–Crippen MR) is 40.8 cm³/mol. The zero-order valence-electron chi connectivity index (χ0n) is 6.57. The largest absolute Gasteiger partial charge is 0.394 e. The summed E-state index contributed by atoms with van der Waals surface area (Å²) in [7, 11) is -4.85. The van der Waals surface area contributed by atoms with Gasteiger partial charge in [0.1, 0.15) is 6.10 Å². The Morgan fingerprint density at radius 1 is 1.23 bits per heavy atom. The summed E-state index contributed by atoms with van der Waals surface area (Å²) in [5.41, 5.74) is -1.47. The fourth-order valence-electron chi connectivity index (χ4n) is 0.556. The number of carbonyl (C=O) groups is 1. The molecule has 7 nitrogen and oxygen atoms in total. The van der Waals surface area contributed by atoms with E-state index in [-0.39, 0.29) is 0 Å². The minimum Gasteiger partial charge on any atom is -0.394 e. The summed E-state index contributed by atoms with van der Waals surface area (Å²) in [4.78, 5) is 27.2. The van der Waals surface area contributed by atoms with Gasteiger partial charge in [-0.25, -0.2) is 0 Å². The molecule has 5 N–H and O–H groups in total. The fourth-order valence-corrected chi connectivity index (χ4v) is 0.980. The van der Waals surface area contributed by atoms with E-state index in [9.17, 15) is 9.36 Å². The highest BCUT2D eigenvalue weighted by Gasteiger charge is 2.30. The van der Waals surface area contributed by atoms with Crippen molar-refractivity contribution in [2.24, 2.45) is 0 Å². The molecule has 0 aromatic rings. The molecule has 0 rings (SSSR count). The Hall–Kier alpha value is -0.300. The molecule has 0 aliphatic heterocycles. The minimum absolute atomic E-state index is 0.782. The van der Waals surface area contributed by atoms with E-state index in [0.717, 1.165) is 0 Å². The Labute approximate surface area is 73.8 Å². The van der Waals surface area contributed by atoms with E-state index in [1.54, 1.807) is 0 Å². The van der Waals surface area contributed by atoms with Crippen molar-refractivity contribution >= 4 is 13.1 Å². The van der Waals surface area contributed by atoms with Crippen molar-refractivity contribution in [1.29, 1.82) is 0 Å². The molecule has 0 bridgehead atoms. The van der Waals surface area contributed by atoms with Crippen LogP contribution in [0.25, 0.3) is 0 Å². The van der Waals surface area contributed by atoms with Crippen LogP contribution in [-0.4, -0.2) is 49.4 Å². The molecule has 0 spiro atoms. The van der Waals surface area contributed by atoms with Gasteiger partial charge in [0.05, 0.1) is 12.7 Å². The molecule has 0 aliphatic rings. The number of aliphatic hydroxyl groups excluding tert-OH is 3. The molecule has 0 aliphatic carbocycles. The second-order valence-corrected chi connectivity index (χ2v) is 4.05. The molecular weight excluding hydrogens is 203 g/mol. The topological polar surface area (TPSA) is 135 Å². The molecule has 0 aromatic heterocycles. The van der Waals surface area contributed by atoms with E-state index >= 15 is 0 Å². The lowest BCUT2D eigenvalue weighted by atomic mass is 10.2. The molecule has 8 heteroatoms. The SMILES string of the molecule is O=C(C[C@H](O)[C@H](O)CO)P(=O)(O)O. The average molecular weight is 214 g/mol. The van der Waals surface area contributed by atoms with Gasteiger partial charge in [0.2, 0.25) is 5.52 Å². The lowest BCUT2D eigenvalue weighted by Crippen LogP contribution is -2.31. The molecule has 2 atom stereocenters. The van der Waals surface area contributed by atoms with E-state index in [1.165, 1.54) is 0 Å². The van der Waals surface area contributed by atoms with Crippen LogP contribution in [0.5, 0.6) is 0 Å². The monoisotopic (exact) mass is 214 g/mol. The fraction of sp³-hybridized carbons (Fsp3) is 0.800. The van der Waals surface area contributed by atoms with Crippen molar-refractivity contribution < 1.29 is 34.5 Å². The third-order valence-corrected chi connectivity index (χ3v) is 2.17. The zero-order valence-corrected chi connectivity index (χ0v) is 7.46. The van der Waals surface area contributed by atoms with Crippen LogP contribution in [0, 0.1) is 0 Å². The molecule has 0 aromatic carbocycles. The van der Waals surface area contributed by atoms with Crippen molar-refractivity contribution in [3.8, 4) is 0 Å². The predicted octanol–water partition coefficient (Wildman–Crippen LogP) is -2.21. The van der Waals surface area contributed by atoms with Crippen LogP contribution in [0.1, 0.15) is 6.42 Å². The first-order valence-electron chi connectivity index (χ1n) is 3.35. The van der Waals surface area contributed by atoms with Gasteiger partial charge < -0.3 is 25.1 Å². The Morgan fingerprint density at radius 3 is 2.00 bits per heavy atom. The lowest BCUT2D eigenvalue weighted by molar-refractivity contribution is -0.117. The molecule has 78 valence electrons. The van der Waals surface area contributed by atoms with E-state index in [1.807, 2.05) is 0 Å². The van der Waals surface area contributed by atoms with Crippen molar-refractivity contribution in [1.82, 2.24) is 0 Å². The summed E-state index contributed by atoms with van der Waals surface area (Å²) in [6, 6.07) is 0. The number of rotatable bonds is 5. The van der Waals surface area contributed by atoms with Gasteiger partial charge in [-0.3, -0.25) is 9.36 Å². The highest BCUT2D eigenvalue weighted by molar-refractivity contribution is 7.70. The molecule has 0 heterocycles. The maximum atomic E-state index is 10.6. The van der Waals surface area contributed by atoms with Crippen LogP contribution in [0.4, 0.5) is 0 Å². The van der Waals surface area contributed by atoms with Crippen LogP contribution in [-0.2, 0) is 9.36 Å². The summed E-state index contributed by atoms with van der Waals surface area (Å²) < 4.78 is 10.3. The molecular formula is C5H11O7P. The second-order valence-electron chi connectivity index (χ2n) is 2.46. The number of hydrogen-bond donors (Lipinski definition) is 5. The number of hydrogen-bond acceptors (Lipinski definition) is 5. The zero-order chi connectivity index (χ0) is 10.6. The van der Waals surface area contributed by atoms with E-state index in [4.69, 9.17) is 25.1 Å². The van der Waals surface area contributed by atoms with Gasteiger partial charge in [-0.05, 0) is 0 Å². The highest BCUT2D eigenvalue weighted by atomic mass is 31.2. The minimum atomic E-state index is -4.85. The standard InChI is InChI=1S/C5H11O7P/c6-2-4(8)3(7)1-5(9)13(10,11)12/h3-4,6-8H,1-2H2,(H2,10,11,12)/t3-,4+/m0/s1. The van der Waals surface area contributed by atoms with E-state index in [2.05, 4.69) is 0 Å². The highest BCUT2D eigenvalue weighted by Crippen LogP contribution is 2.37. The van der Waals surface area contributed by atoms with Crippen LogP contribution >= 0.6 is 7.60 Å². The van der Waals surface area contributed by atoms with Crippen molar-refractivity contribution in [2.45, 2.75) is 18.6 Å². The summed E-state index contributed by atoms with van der Waals surface area (Å²) in [6.07, 6.45) is -4.12. The molecule has 0 unspecified atom stereocenters. The molecule has 0 radical (unpaired) electrons. The van der Waals surface area contributed by atoms with Crippen molar-refractivity contribution in [3.05, 3.63) is 0 Å². The van der Waals surface area contributed by atoms with Gasteiger partial charge in [-0.1, -0.05) is 0 Å². The smallest absolute Gasteiger partial charge is 0.391 e. The van der Waals surface area contributed by atoms with Crippen LogP contribution in [0.2, 0.25) is 0 Å². The third kappa shape index (κ3) is 4.47. The van der Waals surface area contributed by atoms with Gasteiger partial charge in [0.15, 0.2) is 0 Å². The summed E-state index contributed by atoms with van der Waals surface area (Å²) in [5, 5.41) is 25.9. The van der Waals surface area contributed by atoms with Gasteiger partial charge >= 0.3 is 7.60 Å². The maximum Gasteiger partial charge on any atom is 0.391 e. The first-order valence-corrected chi connectivity index (χ1v) is 4.96. The maximum absolute atomic E-state index is 10.6. The summed E-state index contributed by atoms with van der Waals surface area (Å²) in [6.45, 7) is -0.782. The lowest BCUT2D eigenvalue weighted by Gasteiger charge is -2.14. The first-order chi connectivity index (χ1) is 5.79. The molecule has 0 fully saturated rings. The normalized spacial score (nSPS) is 16.7. The van der Waals surface area contributed by atoms with Crippen LogP contribution in [0.3, 0.4) is 0 Å². The van der Waals surface area contributed by atoms with E-state index in [0.29, 0.717) is 0 Å². The van der Waals surface area contributed by atoms with Gasteiger partial charge in [0.25, 0.3) is 0 Å². The summed E-state index contributed by atoms with van der Waals surface area (Å²) in [5.74, 6) is 0. The average Bonchev–Trinajstić information content (AvgIpc) is 2.01. The van der Waals surface area contributed by atoms with Crippen LogP contribution < -0.4 is 0 Å². The Kier molecular flexibility index (Phi) is 4.69. The van der Waals surface area contributed by atoms with E-state index < -0.39 is 38.4 Å². The Balaban J connectivity index is 4.15. The van der Waals surface area contributed by atoms with Gasteiger partial charge in [-0.2, -0.15) is 0 Å². The number of carbonyl (C=O) groups excluding carboxylic acids is 1. The quantitative estimate of drug-likeness (QED) is 0.327. The number of aliphatic hydroxyl groups is 3. The van der Waals surface area contributed by atoms with Crippen molar-refractivity contribution in [2.75, 3.05) is 6.61 Å². The van der Waals surface area contributed by atoms with Gasteiger partial charge in [-0.15, -0.1) is 0 Å². The first kappa shape index (κ1) is 12.7. The third-order valence-electron chi connectivity index (χ3n) is 1.34. The molecule has 13 heavy (non-hydrogen) atoms. The van der Waals surface area contributed by atoms with Gasteiger partial charge in [0, 0.05) is 6.42 Å². The Morgan fingerprint density at radius 2 is 1.69 bits per heavy atom. The molecule has 0 amide bonds. The van der Waals surface area contributed by atoms with Crippen molar-refractivity contribution in [3.63, 3.8) is 0 Å².